The summed E-state index contributed by atoms with van der Waals surface area (Å²) in [6.07, 6.45) is 0. The second kappa shape index (κ2) is 9.04. The second-order valence-corrected chi connectivity index (χ2v) is 8.34. The Balaban J connectivity index is 1.63. The molecule has 1 unspecified atom stereocenters. The maximum Gasteiger partial charge on any atom is 0.0991 e. The summed E-state index contributed by atoms with van der Waals surface area (Å²) < 4.78 is 0. The van der Waals surface area contributed by atoms with Crippen molar-refractivity contribution in [2.75, 3.05) is 18.0 Å². The van der Waals surface area contributed by atoms with Crippen molar-refractivity contribution >= 4 is 5.69 Å². The van der Waals surface area contributed by atoms with Crippen LogP contribution in [-0.4, -0.2) is 24.0 Å². The van der Waals surface area contributed by atoms with Gasteiger partial charge in [-0.25, -0.2) is 0 Å². The molecule has 0 amide bonds. The van der Waals surface area contributed by atoms with E-state index in [4.69, 9.17) is 10.5 Å². The van der Waals surface area contributed by atoms with Crippen molar-refractivity contribution in [3.8, 4) is 12.1 Å². The number of nitrogens with zero attached hydrogens (tertiary/aromatic N) is 4. The zero-order chi connectivity index (χ0) is 21.8. The topological polar surface area (TPSA) is 54.1 Å². The molecule has 0 aromatic heterocycles. The molecule has 2 atom stereocenters. The third kappa shape index (κ3) is 4.61. The van der Waals surface area contributed by atoms with Crippen LogP contribution in [0.5, 0.6) is 0 Å². The van der Waals surface area contributed by atoms with Crippen molar-refractivity contribution in [1.29, 1.82) is 10.5 Å². The summed E-state index contributed by atoms with van der Waals surface area (Å²) in [5.41, 5.74) is 6.30. The molecule has 1 saturated heterocycles. The van der Waals surface area contributed by atoms with Gasteiger partial charge in [0.2, 0.25) is 0 Å². The van der Waals surface area contributed by atoms with E-state index in [1.165, 1.54) is 16.7 Å². The van der Waals surface area contributed by atoms with E-state index in [0.29, 0.717) is 17.2 Å². The van der Waals surface area contributed by atoms with Crippen LogP contribution in [0.4, 0.5) is 5.69 Å². The molecule has 4 nitrogen and oxygen atoms in total. The molecule has 0 radical (unpaired) electrons. The predicted octanol–water partition coefficient (Wildman–Crippen LogP) is 5.19. The Labute approximate surface area is 184 Å². The lowest BCUT2D eigenvalue weighted by molar-refractivity contribution is 0.187. The van der Waals surface area contributed by atoms with Crippen LogP contribution in [0.3, 0.4) is 0 Å². The summed E-state index contributed by atoms with van der Waals surface area (Å²) in [5, 5.41) is 18.2. The minimum absolute atomic E-state index is 0.218. The summed E-state index contributed by atoms with van der Waals surface area (Å²) in [5.74, 6) is 0. The second-order valence-electron chi connectivity index (χ2n) is 8.34. The fourth-order valence-electron chi connectivity index (χ4n) is 4.45. The molecular formula is C27H26N4. The van der Waals surface area contributed by atoms with Gasteiger partial charge in [0.25, 0.3) is 0 Å². The quantitative estimate of drug-likeness (QED) is 0.598. The number of benzene rings is 3. The van der Waals surface area contributed by atoms with Crippen LogP contribution in [0.2, 0.25) is 0 Å². The average molecular weight is 407 g/mol. The minimum atomic E-state index is 0.218. The van der Waals surface area contributed by atoms with Crippen LogP contribution in [0.25, 0.3) is 0 Å². The van der Waals surface area contributed by atoms with Crippen LogP contribution in [-0.2, 0) is 6.54 Å². The Morgan fingerprint density at radius 2 is 1.39 bits per heavy atom. The highest BCUT2D eigenvalue weighted by Gasteiger charge is 2.33. The van der Waals surface area contributed by atoms with E-state index in [2.05, 4.69) is 84.3 Å². The smallest absolute Gasteiger partial charge is 0.0991 e. The molecule has 0 saturated carbocycles. The normalized spacial score (nSPS) is 18.9. The molecule has 0 bridgehead atoms. The Morgan fingerprint density at radius 1 is 0.806 bits per heavy atom. The van der Waals surface area contributed by atoms with Crippen molar-refractivity contribution < 1.29 is 0 Å². The van der Waals surface area contributed by atoms with Crippen molar-refractivity contribution in [2.24, 2.45) is 0 Å². The molecule has 154 valence electrons. The van der Waals surface area contributed by atoms with E-state index in [0.717, 1.165) is 25.3 Å². The number of aryl methyl sites for hydroxylation is 1. The van der Waals surface area contributed by atoms with Gasteiger partial charge in [-0.3, -0.25) is 4.90 Å². The van der Waals surface area contributed by atoms with Crippen LogP contribution < -0.4 is 4.90 Å². The Hall–Kier alpha value is -3.60. The van der Waals surface area contributed by atoms with Gasteiger partial charge in [-0.2, -0.15) is 10.5 Å². The molecule has 1 heterocycles. The van der Waals surface area contributed by atoms with E-state index in [1.807, 2.05) is 24.3 Å². The summed E-state index contributed by atoms with van der Waals surface area (Å²) in [6, 6.07) is 29.6. The summed E-state index contributed by atoms with van der Waals surface area (Å²) in [6.45, 7) is 7.10. The van der Waals surface area contributed by atoms with Gasteiger partial charge in [0, 0.05) is 31.4 Å². The highest BCUT2D eigenvalue weighted by molar-refractivity contribution is 5.53. The van der Waals surface area contributed by atoms with Gasteiger partial charge in [0.05, 0.1) is 29.3 Å². The van der Waals surface area contributed by atoms with Crippen LogP contribution in [0, 0.1) is 29.6 Å². The van der Waals surface area contributed by atoms with E-state index in [1.54, 1.807) is 0 Å². The fraction of sp³-hybridized carbons (Fsp3) is 0.259. The predicted molar refractivity (Wildman–Crippen MR) is 123 cm³/mol. The molecule has 4 heteroatoms. The summed E-state index contributed by atoms with van der Waals surface area (Å²) >= 11 is 0. The van der Waals surface area contributed by atoms with Crippen molar-refractivity contribution in [1.82, 2.24) is 4.90 Å². The molecule has 1 aliphatic heterocycles. The average Bonchev–Trinajstić information content (AvgIpc) is 2.80. The number of anilines is 1. The number of hydrogen-bond donors (Lipinski definition) is 0. The first kappa shape index (κ1) is 20.7. The first-order valence-corrected chi connectivity index (χ1v) is 10.6. The zero-order valence-corrected chi connectivity index (χ0v) is 18.0. The van der Waals surface area contributed by atoms with Crippen LogP contribution in [0.15, 0.2) is 72.8 Å². The monoisotopic (exact) mass is 406 g/mol. The molecule has 4 rings (SSSR count). The van der Waals surface area contributed by atoms with E-state index in [-0.39, 0.29) is 6.04 Å². The molecule has 1 aliphatic rings. The molecule has 0 aliphatic carbocycles. The van der Waals surface area contributed by atoms with Crippen molar-refractivity contribution in [2.45, 2.75) is 32.5 Å². The molecule has 0 N–H and O–H groups in total. The van der Waals surface area contributed by atoms with Crippen LogP contribution in [0.1, 0.15) is 40.8 Å². The maximum absolute atomic E-state index is 9.17. The minimum Gasteiger partial charge on any atom is -0.359 e. The number of nitriles is 2. The van der Waals surface area contributed by atoms with Crippen molar-refractivity contribution in [3.63, 3.8) is 0 Å². The van der Waals surface area contributed by atoms with Crippen molar-refractivity contribution in [3.05, 3.63) is 101 Å². The molecule has 31 heavy (non-hydrogen) atoms. The lowest BCUT2D eigenvalue weighted by Gasteiger charge is -2.47. The number of piperazine rings is 1. The van der Waals surface area contributed by atoms with E-state index in [9.17, 15) is 0 Å². The molecule has 3 aromatic carbocycles. The Morgan fingerprint density at radius 3 is 1.97 bits per heavy atom. The first-order chi connectivity index (χ1) is 15.1. The summed E-state index contributed by atoms with van der Waals surface area (Å²) in [4.78, 5) is 4.98. The third-order valence-electron chi connectivity index (χ3n) is 6.01. The van der Waals surface area contributed by atoms with Gasteiger partial charge in [-0.1, -0.05) is 42.0 Å². The van der Waals surface area contributed by atoms with E-state index < -0.39 is 0 Å². The maximum atomic E-state index is 9.17. The van der Waals surface area contributed by atoms with Gasteiger partial charge >= 0.3 is 0 Å². The number of hydrogen-bond acceptors (Lipinski definition) is 4. The molecule has 0 spiro atoms. The first-order valence-electron chi connectivity index (χ1n) is 10.6. The fourth-order valence-corrected chi connectivity index (χ4v) is 4.45. The zero-order valence-electron chi connectivity index (χ0n) is 18.0. The lowest BCUT2D eigenvalue weighted by Crippen LogP contribution is -2.53. The summed E-state index contributed by atoms with van der Waals surface area (Å²) in [7, 11) is 0. The van der Waals surface area contributed by atoms with Gasteiger partial charge in [-0.05, 0) is 61.4 Å². The third-order valence-corrected chi connectivity index (χ3v) is 6.01. The van der Waals surface area contributed by atoms with E-state index >= 15 is 0 Å². The van der Waals surface area contributed by atoms with Crippen LogP contribution >= 0.6 is 0 Å². The molecular weight excluding hydrogens is 380 g/mol. The molecule has 3 aromatic rings. The SMILES string of the molecule is Cc1ccc([C@@H]2CN(Cc3ccc(C#N)cc3)CC(C)N2c2ccc(C#N)cc2)cc1. The van der Waals surface area contributed by atoms with Gasteiger partial charge in [-0.15, -0.1) is 0 Å². The number of rotatable bonds is 4. The van der Waals surface area contributed by atoms with Gasteiger partial charge in [0.15, 0.2) is 0 Å². The van der Waals surface area contributed by atoms with Gasteiger partial charge < -0.3 is 4.90 Å². The largest absolute Gasteiger partial charge is 0.359 e. The highest BCUT2D eigenvalue weighted by Crippen LogP contribution is 2.34. The van der Waals surface area contributed by atoms with Gasteiger partial charge in [0.1, 0.15) is 0 Å². The lowest BCUT2D eigenvalue weighted by atomic mass is 9.96. The highest BCUT2D eigenvalue weighted by atomic mass is 15.3. The molecule has 1 fully saturated rings. The Kier molecular flexibility index (Phi) is 6.03. The standard InChI is InChI=1S/C27H26N4/c1-20-3-11-25(12-4-20)27-19-30(18-24-7-5-22(15-28)6-8-24)17-21(2)31(27)26-13-9-23(16-29)10-14-26/h3-14,21,27H,17-19H2,1-2H3/t21?,27-/m0/s1. The Bertz CT molecular complexity index is 1100.